The fourth-order valence-corrected chi connectivity index (χ4v) is 3.73. The summed E-state index contributed by atoms with van der Waals surface area (Å²) >= 11 is 6.07. The fraction of sp³-hybridized carbons (Fsp3) is 0.364. The molecule has 2 amide bonds. The van der Waals surface area contributed by atoms with Gasteiger partial charge >= 0.3 is 0 Å². The first-order valence-corrected chi connectivity index (χ1v) is 10.4. The minimum atomic E-state index is -0.208. The number of amides is 2. The molecular weight excluding hydrogens is 388 g/mol. The first-order valence-electron chi connectivity index (χ1n) is 10.0. The summed E-state index contributed by atoms with van der Waals surface area (Å²) in [7, 11) is 0. The van der Waals surface area contributed by atoms with Crippen LogP contribution in [-0.2, 0) is 16.0 Å². The Hall–Kier alpha value is -2.57. The van der Waals surface area contributed by atoms with E-state index >= 15 is 0 Å². The number of halogens is 1. The average molecular weight is 416 g/mol. The van der Waals surface area contributed by atoms with Gasteiger partial charge in [-0.3, -0.25) is 9.59 Å². The molecule has 2 aromatic carbocycles. The molecule has 0 saturated carbocycles. The van der Waals surface area contributed by atoms with Crippen molar-refractivity contribution in [1.82, 2.24) is 5.32 Å². The Morgan fingerprint density at radius 3 is 2.55 bits per heavy atom. The number of nitrogens with one attached hydrogen (secondary N) is 3. The van der Waals surface area contributed by atoms with Gasteiger partial charge < -0.3 is 20.4 Å². The summed E-state index contributed by atoms with van der Waals surface area (Å²) < 4.78 is 0. The molecule has 2 aromatic rings. The highest BCUT2D eigenvalue weighted by molar-refractivity contribution is 6.30. The zero-order valence-electron chi connectivity index (χ0n) is 16.7. The van der Waals surface area contributed by atoms with Crippen molar-refractivity contribution in [2.45, 2.75) is 13.3 Å². The lowest BCUT2D eigenvalue weighted by Crippen LogP contribution is -3.16. The van der Waals surface area contributed by atoms with Crippen LogP contribution in [0.1, 0.15) is 12.5 Å². The van der Waals surface area contributed by atoms with Gasteiger partial charge in [-0.2, -0.15) is 0 Å². The summed E-state index contributed by atoms with van der Waals surface area (Å²) in [5, 5.41) is 6.34. The maximum atomic E-state index is 12.2. The molecule has 3 N–H and O–H groups in total. The minimum absolute atomic E-state index is 0.0151. The molecule has 0 aromatic heterocycles. The zero-order valence-corrected chi connectivity index (χ0v) is 17.5. The molecule has 0 unspecified atom stereocenters. The van der Waals surface area contributed by atoms with Gasteiger partial charge in [-0.15, -0.1) is 0 Å². The molecule has 1 saturated heterocycles. The zero-order chi connectivity index (χ0) is 20.6. The molecule has 0 radical (unpaired) electrons. The number of hydrogen-bond donors (Lipinski definition) is 3. The highest BCUT2D eigenvalue weighted by atomic mass is 35.5. The Morgan fingerprint density at radius 2 is 1.83 bits per heavy atom. The number of para-hydroxylation sites is 1. The molecule has 29 heavy (non-hydrogen) atoms. The second-order valence-corrected chi connectivity index (χ2v) is 7.67. The predicted octanol–water partition coefficient (Wildman–Crippen LogP) is 1.36. The monoisotopic (exact) mass is 415 g/mol. The Morgan fingerprint density at radius 1 is 1.07 bits per heavy atom. The third kappa shape index (κ3) is 6.21. The number of rotatable bonds is 7. The van der Waals surface area contributed by atoms with Crippen molar-refractivity contribution in [2.75, 3.05) is 49.5 Å². The van der Waals surface area contributed by atoms with E-state index in [9.17, 15) is 9.59 Å². The first-order chi connectivity index (χ1) is 14.0. The van der Waals surface area contributed by atoms with Crippen LogP contribution in [0, 0.1) is 0 Å². The van der Waals surface area contributed by atoms with E-state index in [1.807, 2.05) is 49.4 Å². The van der Waals surface area contributed by atoms with Crippen LogP contribution in [0.3, 0.4) is 0 Å². The number of piperazine rings is 1. The Kier molecular flexibility index (Phi) is 7.49. The van der Waals surface area contributed by atoms with Crippen molar-refractivity contribution >= 4 is 34.8 Å². The van der Waals surface area contributed by atoms with E-state index in [1.54, 1.807) is 0 Å². The van der Waals surface area contributed by atoms with Gasteiger partial charge in [0.1, 0.15) is 0 Å². The minimum Gasteiger partial charge on any atom is -0.360 e. The van der Waals surface area contributed by atoms with Crippen molar-refractivity contribution in [3.63, 3.8) is 0 Å². The van der Waals surface area contributed by atoms with E-state index in [-0.39, 0.29) is 18.4 Å². The second kappa shape index (κ2) is 10.3. The number of benzene rings is 2. The lowest BCUT2D eigenvalue weighted by atomic mass is 10.1. The number of carbonyl (C=O) groups excluding carboxylic acids is 2. The molecule has 3 rings (SSSR count). The third-order valence-electron chi connectivity index (χ3n) is 5.17. The van der Waals surface area contributed by atoms with Crippen LogP contribution < -0.4 is 20.4 Å². The Balaban J connectivity index is 1.39. The van der Waals surface area contributed by atoms with E-state index in [4.69, 9.17) is 11.6 Å². The first kappa shape index (κ1) is 21.1. The van der Waals surface area contributed by atoms with Crippen molar-refractivity contribution in [3.8, 4) is 0 Å². The number of quaternary nitrogens is 1. The normalized spacial score (nSPS) is 14.5. The van der Waals surface area contributed by atoms with Gasteiger partial charge in [-0.25, -0.2) is 0 Å². The van der Waals surface area contributed by atoms with Crippen LogP contribution in [0.2, 0.25) is 5.02 Å². The summed E-state index contributed by atoms with van der Waals surface area (Å²) in [6.45, 7) is 5.89. The number of aryl methyl sites for hydroxylation is 1. The van der Waals surface area contributed by atoms with Crippen molar-refractivity contribution in [1.29, 1.82) is 0 Å². The number of anilines is 2. The van der Waals surface area contributed by atoms with Gasteiger partial charge in [0.25, 0.3) is 5.91 Å². The van der Waals surface area contributed by atoms with Gasteiger partial charge in [0.05, 0.1) is 32.7 Å². The topological polar surface area (TPSA) is 65.9 Å². The molecule has 0 atom stereocenters. The number of nitrogens with zero attached hydrogens (tertiary/aromatic N) is 1. The Bertz CT molecular complexity index is 850. The van der Waals surface area contributed by atoms with Crippen LogP contribution in [-0.4, -0.2) is 51.1 Å². The van der Waals surface area contributed by atoms with Crippen LogP contribution in [0.25, 0.3) is 0 Å². The summed E-state index contributed by atoms with van der Waals surface area (Å²) in [5.74, 6) is -0.310. The summed E-state index contributed by atoms with van der Waals surface area (Å²) in [5.41, 5.74) is 3.00. The second-order valence-electron chi connectivity index (χ2n) is 7.23. The molecule has 0 spiro atoms. The Labute approximate surface area is 176 Å². The molecule has 154 valence electrons. The van der Waals surface area contributed by atoms with E-state index in [2.05, 4.69) is 21.6 Å². The molecule has 1 fully saturated rings. The van der Waals surface area contributed by atoms with Gasteiger partial charge in [0.2, 0.25) is 5.91 Å². The van der Waals surface area contributed by atoms with Gasteiger partial charge in [0.15, 0.2) is 6.54 Å². The highest BCUT2D eigenvalue weighted by Crippen LogP contribution is 2.19. The molecule has 1 aliphatic heterocycles. The standard InChI is InChI=1S/C22H27ClN4O2/c1-2-17-6-3-4-9-20(17)25-21(28)15-24-22(29)16-26-10-12-27(13-11-26)19-8-5-7-18(23)14-19/h3-9,14H,2,10-13,15-16H2,1H3,(H,24,29)(H,25,28)/p+1. The predicted molar refractivity (Wildman–Crippen MR) is 117 cm³/mol. The largest absolute Gasteiger partial charge is 0.360 e. The van der Waals surface area contributed by atoms with Crippen molar-refractivity contribution in [3.05, 3.63) is 59.1 Å². The van der Waals surface area contributed by atoms with E-state index in [0.29, 0.717) is 6.54 Å². The summed E-state index contributed by atoms with van der Waals surface area (Å²) in [6, 6.07) is 15.5. The summed E-state index contributed by atoms with van der Waals surface area (Å²) in [6.07, 6.45) is 0.841. The molecule has 6 nitrogen and oxygen atoms in total. The van der Waals surface area contributed by atoms with E-state index in [1.165, 1.54) is 4.90 Å². The number of hydrogen-bond acceptors (Lipinski definition) is 3. The molecule has 1 heterocycles. The lowest BCUT2D eigenvalue weighted by Gasteiger charge is -2.33. The van der Waals surface area contributed by atoms with Crippen LogP contribution in [0.15, 0.2) is 48.5 Å². The SMILES string of the molecule is CCc1ccccc1NC(=O)CNC(=O)C[NH+]1CCN(c2cccc(Cl)c2)CC1. The summed E-state index contributed by atoms with van der Waals surface area (Å²) in [4.78, 5) is 27.9. The van der Waals surface area contributed by atoms with Gasteiger partial charge in [0, 0.05) is 16.4 Å². The quantitative estimate of drug-likeness (QED) is 0.639. The average Bonchev–Trinajstić information content (AvgIpc) is 2.73. The van der Waals surface area contributed by atoms with Gasteiger partial charge in [-0.1, -0.05) is 42.8 Å². The maximum Gasteiger partial charge on any atom is 0.275 e. The van der Waals surface area contributed by atoms with E-state index < -0.39 is 0 Å². The fourth-order valence-electron chi connectivity index (χ4n) is 3.54. The lowest BCUT2D eigenvalue weighted by molar-refractivity contribution is -0.892. The number of carbonyl (C=O) groups is 2. The highest BCUT2D eigenvalue weighted by Gasteiger charge is 2.22. The third-order valence-corrected chi connectivity index (χ3v) is 5.41. The van der Waals surface area contributed by atoms with E-state index in [0.717, 1.165) is 54.6 Å². The van der Waals surface area contributed by atoms with Crippen LogP contribution in [0.5, 0.6) is 0 Å². The van der Waals surface area contributed by atoms with Crippen molar-refractivity contribution < 1.29 is 14.5 Å². The van der Waals surface area contributed by atoms with Gasteiger partial charge in [-0.05, 0) is 36.2 Å². The molecule has 0 bridgehead atoms. The maximum absolute atomic E-state index is 12.2. The molecule has 1 aliphatic rings. The van der Waals surface area contributed by atoms with Crippen LogP contribution in [0.4, 0.5) is 11.4 Å². The smallest absolute Gasteiger partial charge is 0.275 e. The molecule has 7 heteroatoms. The van der Waals surface area contributed by atoms with Crippen LogP contribution >= 0.6 is 11.6 Å². The molecular formula is C22H28ClN4O2+. The van der Waals surface area contributed by atoms with Crippen molar-refractivity contribution in [2.24, 2.45) is 0 Å². The molecule has 0 aliphatic carbocycles.